The molecule has 1 atom stereocenters. The number of halogens is 1. The van der Waals surface area contributed by atoms with E-state index in [0.29, 0.717) is 5.75 Å². The molecule has 0 saturated heterocycles. The Hall–Kier alpha value is -1.87. The number of rotatable bonds is 5. The third-order valence-corrected chi connectivity index (χ3v) is 3.67. The van der Waals surface area contributed by atoms with Crippen LogP contribution < -0.4 is 10.1 Å². The molecule has 0 aliphatic carbocycles. The Morgan fingerprint density at radius 2 is 1.86 bits per heavy atom. The number of hydrogen-bond acceptors (Lipinski definition) is 2. The first-order valence-corrected chi connectivity index (χ1v) is 7.29. The third-order valence-electron chi connectivity index (χ3n) is 3.67. The van der Waals surface area contributed by atoms with Gasteiger partial charge in [-0.05, 0) is 68.3 Å². The monoisotopic (exact) mass is 287 g/mol. The van der Waals surface area contributed by atoms with E-state index in [1.165, 1.54) is 11.6 Å². The molecule has 0 aromatic heterocycles. The largest absolute Gasteiger partial charge is 0.454 e. The second kappa shape index (κ2) is 6.72. The van der Waals surface area contributed by atoms with Gasteiger partial charge in [0.2, 0.25) is 0 Å². The summed E-state index contributed by atoms with van der Waals surface area (Å²) in [4.78, 5) is 0. The van der Waals surface area contributed by atoms with E-state index >= 15 is 0 Å². The average molecular weight is 287 g/mol. The van der Waals surface area contributed by atoms with Crippen LogP contribution in [-0.2, 0) is 0 Å². The fourth-order valence-corrected chi connectivity index (χ4v) is 2.20. The van der Waals surface area contributed by atoms with Crippen LogP contribution in [0.2, 0.25) is 0 Å². The van der Waals surface area contributed by atoms with E-state index in [9.17, 15) is 4.39 Å². The molecule has 3 heteroatoms. The van der Waals surface area contributed by atoms with Crippen LogP contribution in [0.15, 0.2) is 36.4 Å². The van der Waals surface area contributed by atoms with E-state index in [2.05, 4.69) is 5.32 Å². The van der Waals surface area contributed by atoms with Crippen LogP contribution in [0.4, 0.5) is 4.39 Å². The number of aryl methyl sites for hydroxylation is 2. The minimum Gasteiger partial charge on any atom is -0.454 e. The highest BCUT2D eigenvalue weighted by Crippen LogP contribution is 2.28. The van der Waals surface area contributed by atoms with Gasteiger partial charge in [-0.1, -0.05) is 19.1 Å². The Labute approximate surface area is 126 Å². The van der Waals surface area contributed by atoms with Gasteiger partial charge >= 0.3 is 0 Å². The van der Waals surface area contributed by atoms with Crippen molar-refractivity contribution in [2.45, 2.75) is 33.7 Å². The highest BCUT2D eigenvalue weighted by atomic mass is 19.1. The zero-order valence-corrected chi connectivity index (χ0v) is 13.0. The Morgan fingerprint density at radius 3 is 2.48 bits per heavy atom. The summed E-state index contributed by atoms with van der Waals surface area (Å²) in [6.45, 7) is 8.95. The van der Waals surface area contributed by atoms with E-state index < -0.39 is 0 Å². The predicted octanol–water partition coefficient (Wildman–Crippen LogP) is 4.91. The van der Waals surface area contributed by atoms with Gasteiger partial charge in [0.05, 0.1) is 0 Å². The van der Waals surface area contributed by atoms with Crippen LogP contribution in [0, 0.1) is 19.7 Å². The molecule has 0 spiro atoms. The van der Waals surface area contributed by atoms with Crippen molar-refractivity contribution in [3.8, 4) is 11.5 Å². The highest BCUT2D eigenvalue weighted by Gasteiger charge is 2.10. The normalized spacial score (nSPS) is 12.2. The summed E-state index contributed by atoms with van der Waals surface area (Å²) in [6.07, 6.45) is 0. The second-order valence-electron chi connectivity index (χ2n) is 5.32. The van der Waals surface area contributed by atoms with Crippen molar-refractivity contribution < 1.29 is 9.13 Å². The van der Waals surface area contributed by atoms with Gasteiger partial charge in [0.1, 0.15) is 5.75 Å². The van der Waals surface area contributed by atoms with Gasteiger partial charge < -0.3 is 10.1 Å². The third kappa shape index (κ3) is 3.82. The van der Waals surface area contributed by atoms with Crippen LogP contribution in [0.25, 0.3) is 0 Å². The molecule has 112 valence electrons. The van der Waals surface area contributed by atoms with Crippen LogP contribution in [-0.4, -0.2) is 6.54 Å². The molecule has 21 heavy (non-hydrogen) atoms. The fourth-order valence-electron chi connectivity index (χ4n) is 2.20. The van der Waals surface area contributed by atoms with Crippen molar-refractivity contribution in [3.05, 3.63) is 58.9 Å². The standard InChI is InChI=1S/C18H22FNO/c1-5-20-14(4)15-7-9-18(17(19)11-15)21-16-8-6-12(2)13(3)10-16/h6-11,14,20H,5H2,1-4H3. The highest BCUT2D eigenvalue weighted by molar-refractivity contribution is 5.39. The van der Waals surface area contributed by atoms with Crippen molar-refractivity contribution in [2.75, 3.05) is 6.54 Å². The molecule has 1 N–H and O–H groups in total. The maximum absolute atomic E-state index is 14.2. The van der Waals surface area contributed by atoms with Crippen molar-refractivity contribution in [3.63, 3.8) is 0 Å². The molecule has 0 bridgehead atoms. The Morgan fingerprint density at radius 1 is 1.10 bits per heavy atom. The Bertz CT molecular complexity index is 625. The van der Waals surface area contributed by atoms with E-state index in [4.69, 9.17) is 4.74 Å². The zero-order valence-electron chi connectivity index (χ0n) is 13.0. The molecule has 0 heterocycles. The van der Waals surface area contributed by atoms with E-state index in [1.807, 2.05) is 52.0 Å². The lowest BCUT2D eigenvalue weighted by Crippen LogP contribution is -2.17. The van der Waals surface area contributed by atoms with E-state index in [-0.39, 0.29) is 17.6 Å². The second-order valence-corrected chi connectivity index (χ2v) is 5.32. The molecule has 0 fully saturated rings. The smallest absolute Gasteiger partial charge is 0.166 e. The maximum atomic E-state index is 14.2. The molecule has 0 saturated carbocycles. The number of nitrogens with one attached hydrogen (secondary N) is 1. The van der Waals surface area contributed by atoms with Gasteiger partial charge in [-0.25, -0.2) is 4.39 Å². The van der Waals surface area contributed by atoms with Gasteiger partial charge in [-0.15, -0.1) is 0 Å². The molecule has 2 nitrogen and oxygen atoms in total. The Kier molecular flexibility index (Phi) is 4.97. The molecule has 0 radical (unpaired) electrons. The summed E-state index contributed by atoms with van der Waals surface area (Å²) >= 11 is 0. The molecular formula is C18H22FNO. The van der Waals surface area contributed by atoms with Crippen molar-refractivity contribution >= 4 is 0 Å². The lowest BCUT2D eigenvalue weighted by atomic mass is 10.1. The van der Waals surface area contributed by atoms with Crippen molar-refractivity contribution in [1.29, 1.82) is 0 Å². The lowest BCUT2D eigenvalue weighted by Gasteiger charge is -2.14. The van der Waals surface area contributed by atoms with Gasteiger partial charge in [-0.2, -0.15) is 0 Å². The van der Waals surface area contributed by atoms with Crippen LogP contribution >= 0.6 is 0 Å². The summed E-state index contributed by atoms with van der Waals surface area (Å²) in [5.74, 6) is 0.575. The number of hydrogen-bond donors (Lipinski definition) is 1. The molecule has 0 aliphatic heterocycles. The summed E-state index contributed by atoms with van der Waals surface area (Å²) < 4.78 is 19.8. The number of ether oxygens (including phenoxy) is 1. The quantitative estimate of drug-likeness (QED) is 0.844. The molecule has 2 aromatic rings. The minimum atomic E-state index is -0.338. The summed E-state index contributed by atoms with van der Waals surface area (Å²) in [6, 6.07) is 11.0. The van der Waals surface area contributed by atoms with Gasteiger partial charge in [0, 0.05) is 6.04 Å². The molecule has 0 amide bonds. The van der Waals surface area contributed by atoms with Crippen LogP contribution in [0.1, 0.15) is 36.6 Å². The van der Waals surface area contributed by atoms with E-state index in [0.717, 1.165) is 17.7 Å². The molecule has 2 aromatic carbocycles. The summed E-state index contributed by atoms with van der Waals surface area (Å²) in [5, 5.41) is 3.26. The average Bonchev–Trinajstić information content (AvgIpc) is 2.45. The van der Waals surface area contributed by atoms with Crippen molar-refractivity contribution in [2.24, 2.45) is 0 Å². The number of benzene rings is 2. The molecule has 0 aliphatic rings. The van der Waals surface area contributed by atoms with Crippen LogP contribution in [0.3, 0.4) is 0 Å². The Balaban J connectivity index is 2.19. The SMILES string of the molecule is CCNC(C)c1ccc(Oc2ccc(C)c(C)c2)c(F)c1. The molecule has 1 unspecified atom stereocenters. The van der Waals surface area contributed by atoms with Crippen molar-refractivity contribution in [1.82, 2.24) is 5.32 Å². The first kappa shape index (κ1) is 15.5. The van der Waals surface area contributed by atoms with Gasteiger partial charge in [-0.3, -0.25) is 0 Å². The van der Waals surface area contributed by atoms with Gasteiger partial charge in [0.15, 0.2) is 11.6 Å². The minimum absolute atomic E-state index is 0.125. The zero-order chi connectivity index (χ0) is 15.4. The molecular weight excluding hydrogens is 265 g/mol. The predicted molar refractivity (Wildman–Crippen MR) is 84.5 cm³/mol. The molecule has 2 rings (SSSR count). The summed E-state index contributed by atoms with van der Waals surface area (Å²) in [5.41, 5.74) is 3.24. The first-order valence-electron chi connectivity index (χ1n) is 7.29. The lowest BCUT2D eigenvalue weighted by molar-refractivity contribution is 0.440. The first-order chi connectivity index (χ1) is 10.0. The maximum Gasteiger partial charge on any atom is 0.166 e. The topological polar surface area (TPSA) is 21.3 Å². The van der Waals surface area contributed by atoms with Crippen LogP contribution in [0.5, 0.6) is 11.5 Å². The summed E-state index contributed by atoms with van der Waals surface area (Å²) in [7, 11) is 0. The van der Waals surface area contributed by atoms with E-state index in [1.54, 1.807) is 6.07 Å². The van der Waals surface area contributed by atoms with Gasteiger partial charge in [0.25, 0.3) is 0 Å². The fraction of sp³-hybridized carbons (Fsp3) is 0.333.